The van der Waals surface area contributed by atoms with Crippen molar-refractivity contribution in [3.05, 3.63) is 53.3 Å². The normalized spacial score (nSPS) is 10.8. The minimum absolute atomic E-state index is 0.0477. The summed E-state index contributed by atoms with van der Waals surface area (Å²) in [5.41, 5.74) is 2.25. The molecule has 0 unspecified atom stereocenters. The van der Waals surface area contributed by atoms with Gasteiger partial charge in [0.05, 0.1) is 17.2 Å². The smallest absolute Gasteiger partial charge is 0.235 e. The summed E-state index contributed by atoms with van der Waals surface area (Å²) in [7, 11) is 0. The Bertz CT molecular complexity index is 1050. The van der Waals surface area contributed by atoms with Gasteiger partial charge in [-0.1, -0.05) is 5.16 Å². The molecule has 3 rings (SSSR count). The molecule has 8 nitrogen and oxygen atoms in total. The molecule has 0 aliphatic rings. The van der Waals surface area contributed by atoms with Crippen LogP contribution >= 0.6 is 11.8 Å². The zero-order valence-electron chi connectivity index (χ0n) is 16.2. The fraction of sp³-hybridized carbons (Fsp3) is 0.263. The molecular weight excluding hydrogens is 397 g/mol. The summed E-state index contributed by atoms with van der Waals surface area (Å²) in [4.78, 5) is 23.9. The lowest BCUT2D eigenvalue weighted by Crippen LogP contribution is -2.18. The van der Waals surface area contributed by atoms with Crippen molar-refractivity contribution in [2.24, 2.45) is 0 Å². The molecule has 0 saturated carbocycles. The molecule has 10 heteroatoms. The number of halogens is 1. The summed E-state index contributed by atoms with van der Waals surface area (Å²) in [5, 5.41) is 13.1. The van der Waals surface area contributed by atoms with Crippen molar-refractivity contribution in [3.8, 4) is 5.69 Å². The number of aryl methyl sites for hydroxylation is 3. The highest BCUT2D eigenvalue weighted by Crippen LogP contribution is 2.20. The number of carbonyl (C=O) groups is 2. The maximum Gasteiger partial charge on any atom is 0.235 e. The summed E-state index contributed by atoms with van der Waals surface area (Å²) in [6, 6.07) is 7.86. The molecule has 0 radical (unpaired) electrons. The maximum absolute atomic E-state index is 14.5. The Morgan fingerprint density at radius 1 is 1.10 bits per heavy atom. The van der Waals surface area contributed by atoms with Crippen LogP contribution in [0.4, 0.5) is 15.9 Å². The van der Waals surface area contributed by atoms with E-state index in [4.69, 9.17) is 4.52 Å². The molecule has 2 N–H and O–H groups in total. The summed E-state index contributed by atoms with van der Waals surface area (Å²) in [6.45, 7) is 5.39. The molecule has 152 valence electrons. The molecule has 2 heterocycles. The van der Waals surface area contributed by atoms with Crippen molar-refractivity contribution in [1.82, 2.24) is 14.9 Å². The monoisotopic (exact) mass is 417 g/mol. The highest BCUT2D eigenvalue weighted by Gasteiger charge is 2.12. The van der Waals surface area contributed by atoms with Crippen LogP contribution in [-0.2, 0) is 9.59 Å². The van der Waals surface area contributed by atoms with Gasteiger partial charge in [-0.25, -0.2) is 9.07 Å². The Morgan fingerprint density at radius 3 is 2.41 bits per heavy atom. The van der Waals surface area contributed by atoms with Gasteiger partial charge in [0.1, 0.15) is 11.4 Å². The Kier molecular flexibility index (Phi) is 6.32. The van der Waals surface area contributed by atoms with E-state index in [9.17, 15) is 14.0 Å². The summed E-state index contributed by atoms with van der Waals surface area (Å²) in [5.74, 6) is -0.0887. The van der Waals surface area contributed by atoms with Crippen LogP contribution in [0, 0.1) is 26.6 Å². The highest BCUT2D eigenvalue weighted by atomic mass is 32.2. The fourth-order valence-electron chi connectivity index (χ4n) is 2.67. The van der Waals surface area contributed by atoms with Gasteiger partial charge in [0, 0.05) is 17.4 Å². The van der Waals surface area contributed by atoms with Gasteiger partial charge in [0.25, 0.3) is 0 Å². The second-order valence-electron chi connectivity index (χ2n) is 6.42. The van der Waals surface area contributed by atoms with Crippen LogP contribution in [0.25, 0.3) is 5.69 Å². The lowest BCUT2D eigenvalue weighted by Gasteiger charge is -2.09. The van der Waals surface area contributed by atoms with Crippen LogP contribution in [0.1, 0.15) is 17.1 Å². The number of aromatic nitrogens is 3. The van der Waals surface area contributed by atoms with Crippen LogP contribution in [0.2, 0.25) is 0 Å². The molecule has 0 spiro atoms. The lowest BCUT2D eigenvalue weighted by molar-refractivity contribution is -0.114. The molecule has 0 saturated heterocycles. The van der Waals surface area contributed by atoms with Gasteiger partial charge in [0.15, 0.2) is 11.6 Å². The van der Waals surface area contributed by atoms with Gasteiger partial charge in [-0.15, -0.1) is 11.8 Å². The number of benzene rings is 1. The number of hydrogen-bond donors (Lipinski definition) is 2. The van der Waals surface area contributed by atoms with Crippen molar-refractivity contribution >= 4 is 35.1 Å². The van der Waals surface area contributed by atoms with Crippen molar-refractivity contribution in [1.29, 1.82) is 0 Å². The first kappa shape index (κ1) is 20.6. The maximum atomic E-state index is 14.5. The van der Waals surface area contributed by atoms with E-state index >= 15 is 0 Å². The second kappa shape index (κ2) is 8.91. The second-order valence-corrected chi connectivity index (χ2v) is 7.40. The highest BCUT2D eigenvalue weighted by molar-refractivity contribution is 8.00. The number of rotatable bonds is 7. The third-order valence-electron chi connectivity index (χ3n) is 3.83. The predicted molar refractivity (Wildman–Crippen MR) is 109 cm³/mol. The first-order chi connectivity index (χ1) is 13.8. The quantitative estimate of drug-likeness (QED) is 0.612. The first-order valence-electron chi connectivity index (χ1n) is 8.76. The van der Waals surface area contributed by atoms with Crippen molar-refractivity contribution < 1.29 is 18.5 Å². The minimum atomic E-state index is -0.496. The van der Waals surface area contributed by atoms with Crippen LogP contribution in [-0.4, -0.2) is 38.3 Å². The number of hydrogen-bond acceptors (Lipinski definition) is 6. The predicted octanol–water partition coefficient (Wildman–Crippen LogP) is 3.24. The van der Waals surface area contributed by atoms with Crippen molar-refractivity contribution in [2.45, 2.75) is 20.8 Å². The average molecular weight is 417 g/mol. The largest absolute Gasteiger partial charge is 0.360 e. The van der Waals surface area contributed by atoms with Crippen LogP contribution in [0.5, 0.6) is 0 Å². The van der Waals surface area contributed by atoms with E-state index in [0.29, 0.717) is 23.0 Å². The van der Waals surface area contributed by atoms with Crippen molar-refractivity contribution in [2.75, 3.05) is 22.1 Å². The molecule has 0 fully saturated rings. The molecule has 0 aliphatic heterocycles. The SMILES string of the molecule is Cc1cc(C)n(-c2ccc(NC(=O)CSCC(=O)Nc3cc(C)on3)cc2F)n1. The summed E-state index contributed by atoms with van der Waals surface area (Å²) >= 11 is 1.13. The van der Waals surface area contributed by atoms with Gasteiger partial charge in [-0.05, 0) is 45.0 Å². The van der Waals surface area contributed by atoms with Crippen LogP contribution in [0.15, 0.2) is 34.9 Å². The number of carbonyl (C=O) groups excluding carboxylic acids is 2. The zero-order chi connectivity index (χ0) is 21.0. The van der Waals surface area contributed by atoms with E-state index < -0.39 is 5.82 Å². The molecule has 1 aromatic carbocycles. The Balaban J connectivity index is 1.49. The molecule has 0 atom stereocenters. The number of nitrogens with zero attached hydrogens (tertiary/aromatic N) is 3. The molecule has 29 heavy (non-hydrogen) atoms. The molecule has 2 aromatic heterocycles. The van der Waals surface area contributed by atoms with Crippen LogP contribution < -0.4 is 10.6 Å². The Hall–Kier alpha value is -3.14. The minimum Gasteiger partial charge on any atom is -0.360 e. The molecule has 0 bridgehead atoms. The Morgan fingerprint density at radius 2 is 1.83 bits per heavy atom. The number of anilines is 2. The number of amides is 2. The van der Waals surface area contributed by atoms with Crippen molar-refractivity contribution in [3.63, 3.8) is 0 Å². The summed E-state index contributed by atoms with van der Waals surface area (Å²) in [6.07, 6.45) is 0. The lowest BCUT2D eigenvalue weighted by atomic mass is 10.2. The average Bonchev–Trinajstić information content (AvgIpc) is 3.19. The topological polar surface area (TPSA) is 102 Å². The van der Waals surface area contributed by atoms with E-state index in [1.165, 1.54) is 10.7 Å². The van der Waals surface area contributed by atoms with E-state index in [2.05, 4.69) is 20.9 Å². The third kappa shape index (κ3) is 5.44. The van der Waals surface area contributed by atoms with Gasteiger partial charge in [0.2, 0.25) is 11.8 Å². The number of thioether (sulfide) groups is 1. The summed E-state index contributed by atoms with van der Waals surface area (Å²) < 4.78 is 20.8. The van der Waals surface area contributed by atoms with Gasteiger partial charge >= 0.3 is 0 Å². The van der Waals surface area contributed by atoms with Gasteiger partial charge < -0.3 is 15.2 Å². The van der Waals surface area contributed by atoms with E-state index in [-0.39, 0.29) is 23.3 Å². The molecule has 2 amide bonds. The molecular formula is C19H20FN5O3S. The Labute approximate surface area is 170 Å². The van der Waals surface area contributed by atoms with Crippen LogP contribution in [0.3, 0.4) is 0 Å². The molecule has 0 aliphatic carbocycles. The third-order valence-corrected chi connectivity index (χ3v) is 4.76. The number of nitrogens with one attached hydrogen (secondary N) is 2. The van der Waals surface area contributed by atoms with E-state index in [1.807, 2.05) is 19.9 Å². The zero-order valence-corrected chi connectivity index (χ0v) is 17.0. The molecule has 3 aromatic rings. The standard InChI is InChI=1S/C19H20FN5O3S/c1-11-6-12(2)25(23-11)16-5-4-14(8-15(16)20)21-18(26)9-29-10-19(27)22-17-7-13(3)28-24-17/h4-8H,9-10H2,1-3H3,(H,21,26)(H,22,24,27). The fourth-order valence-corrected chi connectivity index (χ4v) is 3.28. The van der Waals surface area contributed by atoms with E-state index in [1.54, 1.807) is 25.1 Å². The van der Waals surface area contributed by atoms with E-state index in [0.717, 1.165) is 23.1 Å². The first-order valence-corrected chi connectivity index (χ1v) is 9.91. The van der Waals surface area contributed by atoms with Gasteiger partial charge in [-0.3, -0.25) is 9.59 Å². The van der Waals surface area contributed by atoms with Gasteiger partial charge in [-0.2, -0.15) is 5.10 Å².